The minimum atomic E-state index is -0.904. The molecule has 0 unspecified atom stereocenters. The maximum absolute atomic E-state index is 12.2. The lowest BCUT2D eigenvalue weighted by molar-refractivity contribution is -0.385. The van der Waals surface area contributed by atoms with Crippen molar-refractivity contribution >= 4 is 29.3 Å². The van der Waals surface area contributed by atoms with Gasteiger partial charge in [-0.3, -0.25) is 14.9 Å². The van der Waals surface area contributed by atoms with E-state index in [-0.39, 0.29) is 11.3 Å². The molecule has 8 heteroatoms. The summed E-state index contributed by atoms with van der Waals surface area (Å²) in [7, 11) is 0. The Kier molecular flexibility index (Phi) is 6.74. The first-order chi connectivity index (χ1) is 12.4. The van der Waals surface area contributed by atoms with Crippen molar-refractivity contribution in [2.24, 2.45) is 0 Å². The summed E-state index contributed by atoms with van der Waals surface area (Å²) >= 11 is 1.34. The molecule has 0 radical (unpaired) electrons. The van der Waals surface area contributed by atoms with E-state index in [0.29, 0.717) is 11.4 Å². The van der Waals surface area contributed by atoms with Crippen LogP contribution in [-0.4, -0.2) is 29.7 Å². The minimum absolute atomic E-state index is 0.173. The molecule has 2 rings (SSSR count). The van der Waals surface area contributed by atoms with E-state index >= 15 is 0 Å². The van der Waals surface area contributed by atoms with Gasteiger partial charge in [-0.25, -0.2) is 4.79 Å². The summed E-state index contributed by atoms with van der Waals surface area (Å²) in [5.41, 5.74) is 1.46. The maximum atomic E-state index is 12.2. The molecule has 1 amide bonds. The lowest BCUT2D eigenvalue weighted by Gasteiger charge is -2.09. The summed E-state index contributed by atoms with van der Waals surface area (Å²) in [4.78, 5) is 35.1. The first-order valence-corrected chi connectivity index (χ1v) is 8.95. The number of esters is 1. The summed E-state index contributed by atoms with van der Waals surface area (Å²) in [6.45, 7) is 1.73. The molecular weight excluding hydrogens is 356 g/mol. The van der Waals surface area contributed by atoms with Gasteiger partial charge in [-0.15, -0.1) is 11.8 Å². The number of hydrogen-bond acceptors (Lipinski definition) is 6. The van der Waals surface area contributed by atoms with E-state index < -0.39 is 23.4 Å². The molecule has 0 fully saturated rings. The van der Waals surface area contributed by atoms with Crippen LogP contribution in [0.15, 0.2) is 47.4 Å². The topological polar surface area (TPSA) is 98.5 Å². The van der Waals surface area contributed by atoms with Gasteiger partial charge in [0, 0.05) is 17.5 Å². The van der Waals surface area contributed by atoms with Crippen LogP contribution in [0.4, 0.5) is 5.69 Å². The number of ether oxygens (including phenoxy) is 1. The van der Waals surface area contributed by atoms with Crippen LogP contribution in [0.3, 0.4) is 0 Å². The number of nitro groups is 1. The molecule has 0 saturated carbocycles. The minimum Gasteiger partial charge on any atom is -0.452 e. The SMILES string of the molecule is CSc1ccc([N+](=O)[O-])c(C(=O)OCC(=O)NCc2ccccc2C)c1. The number of aryl methyl sites for hydroxylation is 1. The van der Waals surface area contributed by atoms with Gasteiger partial charge < -0.3 is 10.1 Å². The van der Waals surface area contributed by atoms with Crippen molar-refractivity contribution in [3.63, 3.8) is 0 Å². The summed E-state index contributed by atoms with van der Waals surface area (Å²) < 4.78 is 4.93. The summed E-state index contributed by atoms with van der Waals surface area (Å²) in [6, 6.07) is 11.8. The highest BCUT2D eigenvalue weighted by Crippen LogP contribution is 2.25. The van der Waals surface area contributed by atoms with Crippen LogP contribution < -0.4 is 5.32 Å². The van der Waals surface area contributed by atoms with Gasteiger partial charge >= 0.3 is 5.97 Å². The maximum Gasteiger partial charge on any atom is 0.345 e. The smallest absolute Gasteiger partial charge is 0.345 e. The molecule has 0 atom stereocenters. The van der Waals surface area contributed by atoms with Gasteiger partial charge in [0.25, 0.3) is 11.6 Å². The second-order valence-electron chi connectivity index (χ2n) is 5.42. The summed E-state index contributed by atoms with van der Waals surface area (Å²) in [6.07, 6.45) is 1.79. The highest BCUT2D eigenvalue weighted by molar-refractivity contribution is 7.98. The number of nitrogens with zero attached hydrogens (tertiary/aromatic N) is 1. The van der Waals surface area contributed by atoms with Crippen molar-refractivity contribution in [3.8, 4) is 0 Å². The van der Waals surface area contributed by atoms with Crippen LogP contribution in [0.5, 0.6) is 0 Å². The molecule has 26 heavy (non-hydrogen) atoms. The van der Waals surface area contributed by atoms with Crippen molar-refractivity contribution in [2.75, 3.05) is 12.9 Å². The largest absolute Gasteiger partial charge is 0.452 e. The average molecular weight is 374 g/mol. The third kappa shape index (κ3) is 5.06. The van der Waals surface area contributed by atoms with Gasteiger partial charge in [-0.05, 0) is 36.4 Å². The summed E-state index contributed by atoms with van der Waals surface area (Å²) in [5.74, 6) is -1.39. The number of nitro benzene ring substituents is 1. The lowest BCUT2D eigenvalue weighted by Crippen LogP contribution is -2.28. The Bertz CT molecular complexity index is 838. The quantitative estimate of drug-likeness (QED) is 0.346. The van der Waals surface area contributed by atoms with Gasteiger partial charge in [0.1, 0.15) is 5.56 Å². The molecule has 2 aromatic carbocycles. The molecule has 0 aromatic heterocycles. The fourth-order valence-corrected chi connectivity index (χ4v) is 2.67. The number of amides is 1. The second-order valence-corrected chi connectivity index (χ2v) is 6.30. The number of carbonyl (C=O) groups is 2. The number of carbonyl (C=O) groups excluding carboxylic acids is 2. The van der Waals surface area contributed by atoms with E-state index in [1.165, 1.54) is 23.9 Å². The Morgan fingerprint density at radius 3 is 2.62 bits per heavy atom. The highest BCUT2D eigenvalue weighted by Gasteiger charge is 2.22. The molecule has 0 heterocycles. The Balaban J connectivity index is 1.97. The monoisotopic (exact) mass is 374 g/mol. The van der Waals surface area contributed by atoms with Crippen molar-refractivity contribution in [1.29, 1.82) is 0 Å². The van der Waals surface area contributed by atoms with Crippen molar-refractivity contribution < 1.29 is 19.2 Å². The Morgan fingerprint density at radius 1 is 1.23 bits per heavy atom. The molecular formula is C18H18N2O5S. The van der Waals surface area contributed by atoms with E-state index in [1.807, 2.05) is 31.2 Å². The Morgan fingerprint density at radius 2 is 1.96 bits per heavy atom. The second kappa shape index (κ2) is 9.00. The molecule has 0 spiro atoms. The van der Waals surface area contributed by atoms with Crippen LogP contribution in [0.1, 0.15) is 21.5 Å². The zero-order valence-electron chi connectivity index (χ0n) is 14.4. The van der Waals surface area contributed by atoms with Gasteiger partial charge in [-0.2, -0.15) is 0 Å². The van der Waals surface area contributed by atoms with Gasteiger partial charge in [0.2, 0.25) is 0 Å². The first-order valence-electron chi connectivity index (χ1n) is 7.73. The number of thioether (sulfide) groups is 1. The fraction of sp³-hybridized carbons (Fsp3) is 0.222. The number of nitrogens with one attached hydrogen (secondary N) is 1. The van der Waals surface area contributed by atoms with E-state index in [4.69, 9.17) is 4.74 Å². The van der Waals surface area contributed by atoms with Crippen LogP contribution in [0, 0.1) is 17.0 Å². The molecule has 0 aliphatic rings. The van der Waals surface area contributed by atoms with Crippen molar-refractivity contribution in [3.05, 3.63) is 69.3 Å². The molecule has 0 saturated heterocycles. The van der Waals surface area contributed by atoms with Crippen LogP contribution in [0.2, 0.25) is 0 Å². The van der Waals surface area contributed by atoms with E-state index in [1.54, 1.807) is 12.3 Å². The van der Waals surface area contributed by atoms with E-state index in [9.17, 15) is 19.7 Å². The third-order valence-corrected chi connectivity index (χ3v) is 4.42. The van der Waals surface area contributed by atoms with Gasteiger partial charge in [-0.1, -0.05) is 24.3 Å². The molecule has 0 aliphatic carbocycles. The van der Waals surface area contributed by atoms with Gasteiger partial charge in [0.05, 0.1) is 4.92 Å². The molecule has 0 bridgehead atoms. The Hall–Kier alpha value is -2.87. The average Bonchev–Trinajstić information content (AvgIpc) is 2.64. The molecule has 7 nitrogen and oxygen atoms in total. The van der Waals surface area contributed by atoms with E-state index in [2.05, 4.69) is 5.32 Å². The fourth-order valence-electron chi connectivity index (χ4n) is 2.23. The standard InChI is InChI=1S/C18H18N2O5S/c1-12-5-3-4-6-13(12)10-19-17(21)11-25-18(22)15-9-14(26-2)7-8-16(15)20(23)24/h3-9H,10-11H2,1-2H3,(H,19,21). The zero-order chi connectivity index (χ0) is 19.1. The van der Waals surface area contributed by atoms with E-state index in [0.717, 1.165) is 11.1 Å². The number of rotatable bonds is 7. The predicted octanol–water partition coefficient (Wildman–Crippen LogP) is 3.10. The van der Waals surface area contributed by atoms with Crippen LogP contribution >= 0.6 is 11.8 Å². The first kappa shape index (κ1) is 19.5. The summed E-state index contributed by atoms with van der Waals surface area (Å²) in [5, 5.41) is 13.7. The number of benzene rings is 2. The third-order valence-electron chi connectivity index (χ3n) is 3.69. The molecule has 1 N–H and O–H groups in total. The molecule has 2 aromatic rings. The van der Waals surface area contributed by atoms with Gasteiger partial charge in [0.15, 0.2) is 6.61 Å². The Labute approximate surface area is 154 Å². The predicted molar refractivity (Wildman–Crippen MR) is 98.2 cm³/mol. The number of hydrogen-bond donors (Lipinski definition) is 1. The molecule has 136 valence electrons. The lowest BCUT2D eigenvalue weighted by atomic mass is 10.1. The molecule has 0 aliphatic heterocycles. The van der Waals surface area contributed by atoms with Crippen molar-refractivity contribution in [2.45, 2.75) is 18.4 Å². The van der Waals surface area contributed by atoms with Crippen molar-refractivity contribution in [1.82, 2.24) is 5.32 Å². The van der Waals surface area contributed by atoms with Crippen LogP contribution in [-0.2, 0) is 16.1 Å². The highest BCUT2D eigenvalue weighted by atomic mass is 32.2. The zero-order valence-corrected chi connectivity index (χ0v) is 15.2. The normalized spacial score (nSPS) is 10.2. The van der Waals surface area contributed by atoms with Crippen LogP contribution in [0.25, 0.3) is 0 Å².